The molecule has 1 saturated carbocycles. The van der Waals surface area contributed by atoms with E-state index in [4.69, 9.17) is 4.74 Å². The molecule has 0 radical (unpaired) electrons. The molecule has 0 aromatic heterocycles. The van der Waals surface area contributed by atoms with Gasteiger partial charge in [0, 0.05) is 6.04 Å². The number of esters is 1. The second-order valence-electron chi connectivity index (χ2n) is 6.59. The van der Waals surface area contributed by atoms with Crippen LogP contribution < -0.4 is 10.1 Å². The number of nitrogens with one attached hydrogen (secondary N) is 1. The summed E-state index contributed by atoms with van der Waals surface area (Å²) in [6.07, 6.45) is -1.72. The van der Waals surface area contributed by atoms with E-state index in [-0.39, 0.29) is 17.5 Å². The zero-order chi connectivity index (χ0) is 19.3. The van der Waals surface area contributed by atoms with E-state index in [0.717, 1.165) is 43.5 Å². The summed E-state index contributed by atoms with van der Waals surface area (Å²) >= 11 is 0. The summed E-state index contributed by atoms with van der Waals surface area (Å²) in [6.45, 7) is 3.80. The molecule has 0 saturated heterocycles. The molecule has 1 aromatic rings. The van der Waals surface area contributed by atoms with Gasteiger partial charge in [-0.1, -0.05) is 26.7 Å². The molecule has 1 aliphatic carbocycles. The average Bonchev–Trinajstić information content (AvgIpc) is 2.56. The lowest BCUT2D eigenvalue weighted by atomic mass is 9.78. The van der Waals surface area contributed by atoms with Gasteiger partial charge in [0.1, 0.15) is 5.75 Å². The molecule has 0 spiro atoms. The van der Waals surface area contributed by atoms with Crippen molar-refractivity contribution in [1.29, 1.82) is 0 Å². The Morgan fingerprint density at radius 2 is 1.81 bits per heavy atom. The zero-order valence-electron chi connectivity index (χ0n) is 14.6. The van der Waals surface area contributed by atoms with Crippen molar-refractivity contribution in [2.45, 2.75) is 45.5 Å². The van der Waals surface area contributed by atoms with Crippen molar-refractivity contribution in [3.63, 3.8) is 0 Å². The summed E-state index contributed by atoms with van der Waals surface area (Å²) in [7, 11) is 0. The molecular formula is C18H22F3NO4. The number of hydrogen-bond acceptors (Lipinski definition) is 4. The molecule has 0 bridgehead atoms. The van der Waals surface area contributed by atoms with Crippen LogP contribution in [0.15, 0.2) is 24.3 Å². The molecule has 26 heavy (non-hydrogen) atoms. The highest BCUT2D eigenvalue weighted by atomic mass is 19.4. The first-order valence-electron chi connectivity index (χ1n) is 8.48. The van der Waals surface area contributed by atoms with Crippen LogP contribution in [0.1, 0.15) is 43.5 Å². The third-order valence-corrected chi connectivity index (χ3v) is 4.71. The molecule has 144 valence electrons. The summed E-state index contributed by atoms with van der Waals surface area (Å²) in [4.78, 5) is 23.9. The molecule has 1 N–H and O–H groups in total. The van der Waals surface area contributed by atoms with Gasteiger partial charge in [-0.15, -0.1) is 13.2 Å². The maximum atomic E-state index is 12.1. The van der Waals surface area contributed by atoms with Gasteiger partial charge >= 0.3 is 12.3 Å². The number of halogens is 3. The third-order valence-electron chi connectivity index (χ3n) is 4.71. The van der Waals surface area contributed by atoms with Crippen molar-refractivity contribution < 1.29 is 32.2 Å². The van der Waals surface area contributed by atoms with Gasteiger partial charge in [-0.2, -0.15) is 0 Å². The molecule has 0 unspecified atom stereocenters. The van der Waals surface area contributed by atoms with Gasteiger partial charge in [-0.05, 0) is 42.5 Å². The highest BCUT2D eigenvalue weighted by Gasteiger charge is 2.31. The van der Waals surface area contributed by atoms with Crippen molar-refractivity contribution in [3.05, 3.63) is 29.8 Å². The van der Waals surface area contributed by atoms with Gasteiger partial charge < -0.3 is 14.8 Å². The Kier molecular flexibility index (Phi) is 6.50. The smallest absolute Gasteiger partial charge is 0.452 e. The van der Waals surface area contributed by atoms with Crippen LogP contribution in [-0.4, -0.2) is 30.9 Å². The second-order valence-corrected chi connectivity index (χ2v) is 6.59. The molecule has 0 aliphatic heterocycles. The minimum absolute atomic E-state index is 0.0342. The van der Waals surface area contributed by atoms with E-state index in [1.165, 1.54) is 0 Å². The zero-order valence-corrected chi connectivity index (χ0v) is 14.6. The Labute approximate surface area is 149 Å². The van der Waals surface area contributed by atoms with Gasteiger partial charge in [0.2, 0.25) is 0 Å². The molecule has 1 aliphatic rings. The Morgan fingerprint density at radius 1 is 1.15 bits per heavy atom. The molecule has 5 nitrogen and oxygen atoms in total. The molecule has 2 rings (SSSR count). The van der Waals surface area contributed by atoms with E-state index in [9.17, 15) is 22.8 Å². The first-order chi connectivity index (χ1) is 12.2. The highest BCUT2D eigenvalue weighted by molar-refractivity contribution is 5.91. The van der Waals surface area contributed by atoms with Crippen LogP contribution in [0.2, 0.25) is 0 Å². The molecule has 1 fully saturated rings. The van der Waals surface area contributed by atoms with E-state index in [1.54, 1.807) is 0 Å². The number of carbonyl (C=O) groups excluding carboxylic acids is 2. The van der Waals surface area contributed by atoms with Crippen LogP contribution in [-0.2, 0) is 9.53 Å². The average molecular weight is 373 g/mol. The summed E-state index contributed by atoms with van der Waals surface area (Å²) in [6, 6.07) is 4.37. The molecule has 1 aromatic carbocycles. The van der Waals surface area contributed by atoms with E-state index in [2.05, 4.69) is 23.9 Å². The number of ether oxygens (including phenoxy) is 2. The second kappa shape index (κ2) is 8.42. The normalized spacial score (nSPS) is 23.2. The van der Waals surface area contributed by atoms with Crippen molar-refractivity contribution in [2.75, 3.05) is 6.61 Å². The lowest BCUT2D eigenvalue weighted by Gasteiger charge is -2.34. The Balaban J connectivity index is 1.81. The van der Waals surface area contributed by atoms with Crippen molar-refractivity contribution in [2.24, 2.45) is 11.8 Å². The van der Waals surface area contributed by atoms with Crippen molar-refractivity contribution >= 4 is 11.9 Å². The summed E-state index contributed by atoms with van der Waals surface area (Å²) in [5, 5.41) is 2.88. The molecular weight excluding hydrogens is 351 g/mol. The van der Waals surface area contributed by atoms with E-state index >= 15 is 0 Å². The van der Waals surface area contributed by atoms with Gasteiger partial charge in [-0.3, -0.25) is 4.79 Å². The fourth-order valence-corrected chi connectivity index (χ4v) is 3.04. The van der Waals surface area contributed by atoms with E-state index in [1.807, 2.05) is 0 Å². The van der Waals surface area contributed by atoms with Gasteiger partial charge in [0.05, 0.1) is 5.56 Å². The summed E-state index contributed by atoms with van der Waals surface area (Å²) in [5.74, 6) is -0.740. The lowest BCUT2D eigenvalue weighted by molar-refractivity contribution is -0.274. The lowest BCUT2D eigenvalue weighted by Crippen LogP contribution is -2.45. The fraction of sp³-hybridized carbons (Fsp3) is 0.556. The van der Waals surface area contributed by atoms with Crippen LogP contribution in [0.4, 0.5) is 13.2 Å². The molecule has 0 heterocycles. The molecule has 3 atom stereocenters. The van der Waals surface area contributed by atoms with Gasteiger partial charge in [-0.25, -0.2) is 4.79 Å². The number of rotatable bonds is 5. The summed E-state index contributed by atoms with van der Waals surface area (Å²) in [5.41, 5.74) is 0.0342. The summed E-state index contributed by atoms with van der Waals surface area (Å²) < 4.78 is 44.9. The first kappa shape index (κ1) is 20.1. The van der Waals surface area contributed by atoms with Crippen molar-refractivity contribution in [1.82, 2.24) is 5.32 Å². The minimum Gasteiger partial charge on any atom is -0.452 e. The largest absolute Gasteiger partial charge is 0.573 e. The van der Waals surface area contributed by atoms with Crippen LogP contribution in [0, 0.1) is 11.8 Å². The Bertz CT molecular complexity index is 630. The Morgan fingerprint density at radius 3 is 2.42 bits per heavy atom. The van der Waals surface area contributed by atoms with Crippen LogP contribution >= 0.6 is 0 Å². The predicted molar refractivity (Wildman–Crippen MR) is 87.5 cm³/mol. The Hall–Kier alpha value is -2.25. The molecule has 1 amide bonds. The number of carbonyl (C=O) groups is 2. The van der Waals surface area contributed by atoms with Crippen molar-refractivity contribution in [3.8, 4) is 5.75 Å². The SMILES string of the molecule is C[C@@H]1[C@H](C)CCC[C@@H]1NC(=O)COC(=O)c1ccc(OC(F)(F)F)cc1. The van der Waals surface area contributed by atoms with Crippen LogP contribution in [0.25, 0.3) is 0 Å². The van der Waals surface area contributed by atoms with E-state index in [0.29, 0.717) is 11.8 Å². The maximum Gasteiger partial charge on any atom is 0.573 e. The standard InChI is InChI=1S/C18H22F3NO4/c1-11-4-3-5-15(12(11)2)22-16(23)10-25-17(24)13-6-8-14(9-7-13)26-18(19,20)21/h6-9,11-12,15H,3-5,10H2,1-2H3,(H,22,23)/t11-,12-,15+/m1/s1. The van der Waals surface area contributed by atoms with Crippen LogP contribution in [0.3, 0.4) is 0 Å². The third kappa shape index (κ3) is 5.93. The number of hydrogen-bond donors (Lipinski definition) is 1. The van der Waals surface area contributed by atoms with Gasteiger partial charge in [0.15, 0.2) is 6.61 Å². The molecule has 8 heteroatoms. The monoisotopic (exact) mass is 373 g/mol. The maximum absolute atomic E-state index is 12.1. The van der Waals surface area contributed by atoms with E-state index < -0.39 is 24.7 Å². The highest BCUT2D eigenvalue weighted by Crippen LogP contribution is 2.29. The van der Waals surface area contributed by atoms with Gasteiger partial charge in [0.25, 0.3) is 5.91 Å². The number of alkyl halides is 3. The van der Waals surface area contributed by atoms with Crippen LogP contribution in [0.5, 0.6) is 5.75 Å². The quantitative estimate of drug-likeness (QED) is 0.800. The fourth-order valence-electron chi connectivity index (χ4n) is 3.04. The topological polar surface area (TPSA) is 64.6 Å². The number of amides is 1. The first-order valence-corrected chi connectivity index (χ1v) is 8.48. The minimum atomic E-state index is -4.80. The number of benzene rings is 1. The predicted octanol–water partition coefficient (Wildman–Crippen LogP) is 3.68.